The van der Waals surface area contributed by atoms with Gasteiger partial charge in [0.25, 0.3) is 0 Å². The summed E-state index contributed by atoms with van der Waals surface area (Å²) in [7, 11) is 0. The average Bonchev–Trinajstić information content (AvgIpc) is 2.42. The number of carbonyl (C=O) groups is 2. The molecule has 2 atom stereocenters. The van der Waals surface area contributed by atoms with Crippen LogP contribution in [0.2, 0.25) is 0 Å². The lowest BCUT2D eigenvalue weighted by molar-refractivity contribution is -0.146. The monoisotopic (exact) mass is 260 g/mol. The van der Waals surface area contributed by atoms with Crippen molar-refractivity contribution in [1.29, 1.82) is 0 Å². The number of para-hydroxylation sites is 1. The van der Waals surface area contributed by atoms with Crippen molar-refractivity contribution in [3.8, 4) is 5.75 Å². The normalized spacial score (nSPS) is 26.5. The summed E-state index contributed by atoms with van der Waals surface area (Å²) in [5.41, 5.74) is 0.990. The maximum atomic E-state index is 12.3. The highest BCUT2D eigenvalue weighted by Gasteiger charge is 2.37. The minimum absolute atomic E-state index is 0.0266. The number of fused-ring (bicyclic) bond motifs is 1. The Morgan fingerprint density at radius 2 is 2.11 bits per heavy atom. The van der Waals surface area contributed by atoms with E-state index < -0.39 is 6.04 Å². The molecule has 0 radical (unpaired) electrons. The van der Waals surface area contributed by atoms with Gasteiger partial charge in [0, 0.05) is 12.0 Å². The summed E-state index contributed by atoms with van der Waals surface area (Å²) in [5, 5.41) is 2.66. The summed E-state index contributed by atoms with van der Waals surface area (Å²) < 4.78 is 5.59. The summed E-state index contributed by atoms with van der Waals surface area (Å²) in [4.78, 5) is 25.6. The molecule has 0 aliphatic carbocycles. The van der Waals surface area contributed by atoms with Gasteiger partial charge in [-0.25, -0.2) is 0 Å². The molecule has 0 spiro atoms. The smallest absolute Gasteiger partial charge is 0.245 e. The van der Waals surface area contributed by atoms with Gasteiger partial charge in [0.1, 0.15) is 18.3 Å². The predicted octanol–water partition coefficient (Wildman–Crippen LogP) is 0.857. The largest absolute Gasteiger partial charge is 0.493 e. The van der Waals surface area contributed by atoms with E-state index >= 15 is 0 Å². The summed E-state index contributed by atoms with van der Waals surface area (Å²) in [6.45, 7) is 2.42. The van der Waals surface area contributed by atoms with E-state index in [1.807, 2.05) is 24.3 Å². The maximum absolute atomic E-state index is 12.3. The van der Waals surface area contributed by atoms with Crippen LogP contribution in [-0.2, 0) is 9.59 Å². The number of carbonyl (C=O) groups excluding carboxylic acids is 2. The lowest BCUT2D eigenvalue weighted by Crippen LogP contribution is -2.57. The molecule has 1 aromatic carbocycles. The van der Waals surface area contributed by atoms with Crippen LogP contribution in [0.15, 0.2) is 24.3 Å². The second-order valence-corrected chi connectivity index (χ2v) is 4.95. The van der Waals surface area contributed by atoms with Gasteiger partial charge in [-0.2, -0.15) is 0 Å². The van der Waals surface area contributed by atoms with Crippen molar-refractivity contribution in [1.82, 2.24) is 10.2 Å². The number of hydrogen-bond donors (Lipinski definition) is 1. The summed E-state index contributed by atoms with van der Waals surface area (Å²) in [6.07, 6.45) is 0.725. The van der Waals surface area contributed by atoms with Crippen molar-refractivity contribution in [2.45, 2.75) is 25.4 Å². The van der Waals surface area contributed by atoms with Crippen molar-refractivity contribution in [3.05, 3.63) is 29.8 Å². The van der Waals surface area contributed by atoms with Gasteiger partial charge < -0.3 is 15.0 Å². The summed E-state index contributed by atoms with van der Waals surface area (Å²) >= 11 is 0. The lowest BCUT2D eigenvalue weighted by Gasteiger charge is -2.39. The first-order valence-corrected chi connectivity index (χ1v) is 6.48. The number of rotatable bonds is 1. The van der Waals surface area contributed by atoms with E-state index in [1.54, 1.807) is 11.8 Å². The third-order valence-corrected chi connectivity index (χ3v) is 3.65. The van der Waals surface area contributed by atoms with Crippen molar-refractivity contribution in [2.24, 2.45) is 0 Å². The predicted molar refractivity (Wildman–Crippen MR) is 68.6 cm³/mol. The van der Waals surface area contributed by atoms with E-state index in [0.29, 0.717) is 6.61 Å². The van der Waals surface area contributed by atoms with Crippen LogP contribution in [0.4, 0.5) is 0 Å². The molecule has 2 amide bonds. The molecule has 5 nitrogen and oxygen atoms in total. The molecule has 0 bridgehead atoms. The molecular formula is C14H16N2O3. The van der Waals surface area contributed by atoms with Gasteiger partial charge in [-0.05, 0) is 13.0 Å². The number of hydrogen-bond acceptors (Lipinski definition) is 3. The van der Waals surface area contributed by atoms with Crippen molar-refractivity contribution in [2.75, 3.05) is 13.2 Å². The molecule has 2 aliphatic rings. The van der Waals surface area contributed by atoms with E-state index in [4.69, 9.17) is 4.74 Å². The zero-order valence-electron chi connectivity index (χ0n) is 10.8. The standard InChI is InChI=1S/C14H16N2O3/c1-9-14(18)16(8-13(17)15-9)11-6-7-19-12-5-3-2-4-10(11)12/h2-5,9,11H,6-8H2,1H3,(H,15,17). The van der Waals surface area contributed by atoms with Crippen LogP contribution in [-0.4, -0.2) is 35.9 Å². The zero-order chi connectivity index (χ0) is 13.4. The minimum atomic E-state index is -0.448. The first-order valence-electron chi connectivity index (χ1n) is 6.48. The Morgan fingerprint density at radius 3 is 2.95 bits per heavy atom. The fraction of sp³-hybridized carbons (Fsp3) is 0.429. The summed E-state index contributed by atoms with van der Waals surface area (Å²) in [5.74, 6) is 0.683. The fourth-order valence-electron chi connectivity index (χ4n) is 2.74. The number of benzene rings is 1. The lowest BCUT2D eigenvalue weighted by atomic mass is 9.97. The fourth-order valence-corrected chi connectivity index (χ4v) is 2.74. The van der Waals surface area contributed by atoms with Gasteiger partial charge in [-0.3, -0.25) is 9.59 Å². The Balaban J connectivity index is 1.94. The third kappa shape index (κ3) is 2.05. The van der Waals surface area contributed by atoms with Crippen LogP contribution in [0.3, 0.4) is 0 Å². The molecular weight excluding hydrogens is 244 g/mol. The van der Waals surface area contributed by atoms with Gasteiger partial charge in [-0.1, -0.05) is 18.2 Å². The van der Waals surface area contributed by atoms with Crippen LogP contribution in [0.1, 0.15) is 24.9 Å². The Kier molecular flexibility index (Phi) is 2.89. The van der Waals surface area contributed by atoms with E-state index in [-0.39, 0.29) is 24.4 Å². The molecule has 1 fully saturated rings. The Labute approximate surface area is 111 Å². The number of ether oxygens (including phenoxy) is 1. The number of piperazine rings is 1. The molecule has 1 aromatic rings. The Morgan fingerprint density at radius 1 is 1.32 bits per heavy atom. The van der Waals surface area contributed by atoms with Crippen LogP contribution in [0, 0.1) is 0 Å². The average molecular weight is 260 g/mol. The second-order valence-electron chi connectivity index (χ2n) is 4.95. The third-order valence-electron chi connectivity index (χ3n) is 3.65. The van der Waals surface area contributed by atoms with Gasteiger partial charge >= 0.3 is 0 Å². The van der Waals surface area contributed by atoms with Crippen LogP contribution >= 0.6 is 0 Å². The highest BCUT2D eigenvalue weighted by molar-refractivity contribution is 5.94. The molecule has 1 saturated heterocycles. The second kappa shape index (κ2) is 4.57. The van der Waals surface area contributed by atoms with Crippen LogP contribution in [0.5, 0.6) is 5.75 Å². The highest BCUT2D eigenvalue weighted by atomic mass is 16.5. The minimum Gasteiger partial charge on any atom is -0.493 e. The zero-order valence-corrected chi connectivity index (χ0v) is 10.8. The topological polar surface area (TPSA) is 58.6 Å². The van der Waals surface area contributed by atoms with E-state index in [9.17, 15) is 9.59 Å². The first kappa shape index (κ1) is 12.0. The molecule has 0 saturated carbocycles. The van der Waals surface area contributed by atoms with Gasteiger partial charge in [-0.15, -0.1) is 0 Å². The van der Waals surface area contributed by atoms with E-state index in [2.05, 4.69) is 5.32 Å². The van der Waals surface area contributed by atoms with E-state index in [0.717, 1.165) is 17.7 Å². The molecule has 5 heteroatoms. The van der Waals surface area contributed by atoms with Gasteiger partial charge in [0.15, 0.2) is 0 Å². The first-order chi connectivity index (χ1) is 9.16. The van der Waals surface area contributed by atoms with Crippen LogP contribution < -0.4 is 10.1 Å². The SMILES string of the molecule is CC1NC(=O)CN(C2CCOc3ccccc32)C1=O. The molecule has 2 heterocycles. The van der Waals surface area contributed by atoms with Gasteiger partial charge in [0.05, 0.1) is 12.6 Å². The summed E-state index contributed by atoms with van der Waals surface area (Å²) in [6, 6.07) is 7.19. The molecule has 2 unspecified atom stereocenters. The number of nitrogens with one attached hydrogen (secondary N) is 1. The molecule has 19 heavy (non-hydrogen) atoms. The van der Waals surface area contributed by atoms with Gasteiger partial charge in [0.2, 0.25) is 11.8 Å². The quantitative estimate of drug-likeness (QED) is 0.814. The maximum Gasteiger partial charge on any atom is 0.245 e. The molecule has 1 N–H and O–H groups in total. The highest BCUT2D eigenvalue weighted by Crippen LogP contribution is 2.36. The number of nitrogens with zero attached hydrogens (tertiary/aromatic N) is 1. The molecule has 2 aliphatic heterocycles. The molecule has 100 valence electrons. The molecule has 0 aromatic heterocycles. The Hall–Kier alpha value is -2.04. The Bertz CT molecular complexity index is 529. The molecule has 3 rings (SSSR count). The van der Waals surface area contributed by atoms with Crippen LogP contribution in [0.25, 0.3) is 0 Å². The van der Waals surface area contributed by atoms with E-state index in [1.165, 1.54) is 0 Å². The van der Waals surface area contributed by atoms with Crippen molar-refractivity contribution < 1.29 is 14.3 Å². The van der Waals surface area contributed by atoms with Crippen molar-refractivity contribution in [3.63, 3.8) is 0 Å². The number of amides is 2. The van der Waals surface area contributed by atoms with Crippen molar-refractivity contribution >= 4 is 11.8 Å².